The summed E-state index contributed by atoms with van der Waals surface area (Å²) in [5.74, 6) is 1.72. The molecule has 20 heavy (non-hydrogen) atoms. The van der Waals surface area contributed by atoms with Crippen molar-refractivity contribution in [2.45, 2.75) is 19.3 Å². The van der Waals surface area contributed by atoms with Crippen LogP contribution in [0.5, 0.6) is 5.75 Å². The molecule has 1 heterocycles. The van der Waals surface area contributed by atoms with Gasteiger partial charge in [0.1, 0.15) is 12.4 Å². The fraction of sp³-hybridized carbons (Fsp3) is 0.600. The van der Waals surface area contributed by atoms with Crippen molar-refractivity contribution in [2.24, 2.45) is 5.92 Å². The highest BCUT2D eigenvalue weighted by molar-refractivity contribution is 9.10. The molecule has 1 aliphatic rings. The summed E-state index contributed by atoms with van der Waals surface area (Å²) < 4.78 is 11.7. The van der Waals surface area contributed by atoms with E-state index in [1.54, 1.807) is 7.11 Å². The first-order chi connectivity index (χ1) is 9.29. The maximum absolute atomic E-state index is 5.72. The van der Waals surface area contributed by atoms with Crippen LogP contribution in [0.25, 0.3) is 0 Å². The van der Waals surface area contributed by atoms with Crippen molar-refractivity contribution in [3.05, 3.63) is 28.2 Å². The largest absolute Gasteiger partial charge is 0.490 e. The van der Waals surface area contributed by atoms with Gasteiger partial charge in [0.05, 0.1) is 11.1 Å². The molecule has 0 radical (unpaired) electrons. The molecule has 0 spiro atoms. The lowest BCUT2D eigenvalue weighted by Crippen LogP contribution is -2.28. The van der Waals surface area contributed by atoms with Gasteiger partial charge in [-0.2, -0.15) is 0 Å². The van der Waals surface area contributed by atoms with E-state index in [4.69, 9.17) is 9.47 Å². The van der Waals surface area contributed by atoms with Crippen molar-refractivity contribution in [1.82, 2.24) is 5.32 Å². The van der Waals surface area contributed by atoms with E-state index in [1.807, 2.05) is 0 Å². The lowest BCUT2D eigenvalue weighted by Gasteiger charge is -2.22. The monoisotopic (exact) mass is 363 g/mol. The molecule has 3 nitrogen and oxygen atoms in total. The molecule has 0 bridgehead atoms. The number of halogens is 2. The number of benzene rings is 1. The molecule has 0 aromatic heterocycles. The predicted octanol–water partition coefficient (Wildman–Crippen LogP) is 3.44. The van der Waals surface area contributed by atoms with Gasteiger partial charge in [-0.1, -0.05) is 6.07 Å². The number of methoxy groups -OCH3 is 1. The number of hydrogen-bond acceptors (Lipinski definition) is 3. The molecule has 5 heteroatoms. The van der Waals surface area contributed by atoms with Gasteiger partial charge < -0.3 is 14.8 Å². The summed E-state index contributed by atoms with van der Waals surface area (Å²) in [6.45, 7) is 3.51. The van der Waals surface area contributed by atoms with Crippen LogP contribution in [-0.2, 0) is 11.2 Å². The summed E-state index contributed by atoms with van der Waals surface area (Å²) in [6, 6.07) is 6.43. The quantitative estimate of drug-likeness (QED) is 0.784. The summed E-state index contributed by atoms with van der Waals surface area (Å²) in [4.78, 5) is 0. The Morgan fingerprint density at radius 1 is 1.25 bits per heavy atom. The van der Waals surface area contributed by atoms with Crippen LogP contribution < -0.4 is 10.1 Å². The lowest BCUT2D eigenvalue weighted by molar-refractivity contribution is 0.146. The Morgan fingerprint density at radius 2 is 2.00 bits per heavy atom. The van der Waals surface area contributed by atoms with Gasteiger partial charge in [0.2, 0.25) is 0 Å². The normalized spacial score (nSPS) is 15.7. The van der Waals surface area contributed by atoms with Crippen molar-refractivity contribution in [3.63, 3.8) is 0 Å². The summed E-state index contributed by atoms with van der Waals surface area (Å²) >= 11 is 3.53. The topological polar surface area (TPSA) is 30.5 Å². The third-order valence-electron chi connectivity index (χ3n) is 3.52. The molecule has 1 fully saturated rings. The first-order valence-electron chi connectivity index (χ1n) is 6.90. The zero-order chi connectivity index (χ0) is 13.5. The van der Waals surface area contributed by atoms with Crippen LogP contribution in [0.2, 0.25) is 0 Å². The molecule has 0 unspecified atom stereocenters. The molecule has 0 atom stereocenters. The molecule has 2 rings (SSSR count). The second-order valence-corrected chi connectivity index (χ2v) is 5.86. The predicted molar refractivity (Wildman–Crippen MR) is 88.1 cm³/mol. The zero-order valence-corrected chi connectivity index (χ0v) is 14.3. The first-order valence-corrected chi connectivity index (χ1v) is 7.70. The van der Waals surface area contributed by atoms with Crippen LogP contribution in [-0.4, -0.2) is 33.4 Å². The molecule has 0 amide bonds. The Balaban J connectivity index is 0.00000200. The average molecular weight is 365 g/mol. The number of nitrogens with one attached hydrogen (secondary N) is 1. The minimum Gasteiger partial charge on any atom is -0.490 e. The van der Waals surface area contributed by atoms with E-state index >= 15 is 0 Å². The Labute approximate surface area is 136 Å². The maximum atomic E-state index is 5.72. The van der Waals surface area contributed by atoms with Crippen LogP contribution in [0.15, 0.2) is 22.7 Å². The minimum absolute atomic E-state index is 0. The Hall–Kier alpha value is -0.290. The van der Waals surface area contributed by atoms with Crippen molar-refractivity contribution in [3.8, 4) is 5.75 Å². The number of ether oxygens (including phenoxy) is 2. The van der Waals surface area contributed by atoms with Crippen LogP contribution in [0.3, 0.4) is 0 Å². The molecule has 0 saturated carbocycles. The van der Waals surface area contributed by atoms with E-state index in [0.717, 1.165) is 35.7 Å². The highest BCUT2D eigenvalue weighted by Crippen LogP contribution is 2.28. The molecular formula is C15H23BrClNO2. The highest BCUT2D eigenvalue weighted by atomic mass is 79.9. The van der Waals surface area contributed by atoms with Gasteiger partial charge in [-0.05, 0) is 71.9 Å². The summed E-state index contributed by atoms with van der Waals surface area (Å²) in [6.07, 6.45) is 3.70. The Bertz CT molecular complexity index is 397. The molecule has 1 aromatic carbocycles. The van der Waals surface area contributed by atoms with E-state index in [1.165, 1.54) is 18.4 Å². The van der Waals surface area contributed by atoms with Gasteiger partial charge in [-0.15, -0.1) is 12.4 Å². The highest BCUT2D eigenvalue weighted by Gasteiger charge is 2.14. The van der Waals surface area contributed by atoms with Crippen LogP contribution in [0.4, 0.5) is 0 Å². The number of piperidine rings is 1. The van der Waals surface area contributed by atoms with E-state index < -0.39 is 0 Å². The lowest BCUT2D eigenvalue weighted by atomic mass is 9.91. The smallest absolute Gasteiger partial charge is 0.133 e. The van der Waals surface area contributed by atoms with E-state index in [9.17, 15) is 0 Å². The SMILES string of the molecule is COCCOc1cc(CC2CCNCC2)ccc1Br.Cl. The van der Waals surface area contributed by atoms with Crippen molar-refractivity contribution in [1.29, 1.82) is 0 Å². The fourth-order valence-electron chi connectivity index (χ4n) is 2.44. The van der Waals surface area contributed by atoms with Crippen molar-refractivity contribution < 1.29 is 9.47 Å². The third-order valence-corrected chi connectivity index (χ3v) is 4.18. The summed E-state index contributed by atoms with van der Waals surface area (Å²) in [7, 11) is 1.69. The average Bonchev–Trinajstić information content (AvgIpc) is 2.44. The number of rotatable bonds is 6. The fourth-order valence-corrected chi connectivity index (χ4v) is 2.80. The number of hydrogen-bond donors (Lipinski definition) is 1. The van der Waals surface area contributed by atoms with Crippen LogP contribution >= 0.6 is 28.3 Å². The van der Waals surface area contributed by atoms with Gasteiger partial charge in [-0.3, -0.25) is 0 Å². The second-order valence-electron chi connectivity index (χ2n) is 5.00. The van der Waals surface area contributed by atoms with Gasteiger partial charge in [0, 0.05) is 7.11 Å². The molecule has 1 aliphatic heterocycles. The second kappa shape index (κ2) is 9.61. The maximum Gasteiger partial charge on any atom is 0.133 e. The molecule has 114 valence electrons. The molecular weight excluding hydrogens is 342 g/mol. The molecule has 1 aromatic rings. The van der Waals surface area contributed by atoms with Crippen molar-refractivity contribution in [2.75, 3.05) is 33.4 Å². The van der Waals surface area contributed by atoms with Crippen LogP contribution in [0, 0.1) is 5.92 Å². The van der Waals surface area contributed by atoms with Crippen LogP contribution in [0.1, 0.15) is 18.4 Å². The van der Waals surface area contributed by atoms with Gasteiger partial charge >= 0.3 is 0 Å². The summed E-state index contributed by atoms with van der Waals surface area (Å²) in [5, 5.41) is 3.41. The Morgan fingerprint density at radius 3 is 2.70 bits per heavy atom. The molecule has 1 saturated heterocycles. The minimum atomic E-state index is 0. The Kier molecular flexibility index (Phi) is 8.53. The van der Waals surface area contributed by atoms with E-state index in [2.05, 4.69) is 39.4 Å². The van der Waals surface area contributed by atoms with Gasteiger partial charge in [0.25, 0.3) is 0 Å². The van der Waals surface area contributed by atoms with Gasteiger partial charge in [0.15, 0.2) is 0 Å². The molecule has 1 N–H and O–H groups in total. The summed E-state index contributed by atoms with van der Waals surface area (Å²) in [5.41, 5.74) is 1.36. The zero-order valence-electron chi connectivity index (χ0n) is 11.9. The van der Waals surface area contributed by atoms with E-state index in [-0.39, 0.29) is 12.4 Å². The van der Waals surface area contributed by atoms with Gasteiger partial charge in [-0.25, -0.2) is 0 Å². The van der Waals surface area contributed by atoms with E-state index in [0.29, 0.717) is 13.2 Å². The molecule has 0 aliphatic carbocycles. The third kappa shape index (κ3) is 5.60. The van der Waals surface area contributed by atoms with Crippen molar-refractivity contribution >= 4 is 28.3 Å². The standard InChI is InChI=1S/C15H22BrNO2.ClH/c1-18-8-9-19-15-11-13(2-3-14(15)16)10-12-4-6-17-7-5-12;/h2-3,11-12,17H,4-10H2,1H3;1H. The first kappa shape index (κ1) is 17.8.